The monoisotopic (exact) mass is 317 g/mol. The smallest absolute Gasteiger partial charge is 0.149 e. The minimum Gasteiger partial charge on any atom is -0.493 e. The van der Waals surface area contributed by atoms with Gasteiger partial charge in [-0.1, -0.05) is 38.1 Å². The van der Waals surface area contributed by atoms with Crippen LogP contribution in [0.15, 0.2) is 48.5 Å². The lowest BCUT2D eigenvalue weighted by atomic mass is 10.1. The Balaban J connectivity index is 1.83. The molecule has 3 aromatic rings. The SMILES string of the molecule is CC(C)COc1ccc(C=C(C#N)c2nc3ccccc3[nH]2)cc1. The number of aromatic nitrogens is 2. The van der Waals surface area contributed by atoms with Crippen molar-refractivity contribution < 1.29 is 4.74 Å². The van der Waals surface area contributed by atoms with E-state index in [0.717, 1.165) is 22.3 Å². The molecular formula is C20H19N3O. The van der Waals surface area contributed by atoms with E-state index in [1.54, 1.807) is 0 Å². The fourth-order valence-corrected chi connectivity index (χ4v) is 2.32. The number of H-pyrrole nitrogens is 1. The standard InChI is InChI=1S/C20H19N3O/c1-14(2)13-24-17-9-7-15(8-10-17)11-16(12-21)20-22-18-5-3-4-6-19(18)23-20/h3-11,14H,13H2,1-2H3,(H,22,23). The van der Waals surface area contributed by atoms with Gasteiger partial charge in [-0.3, -0.25) is 0 Å². The summed E-state index contributed by atoms with van der Waals surface area (Å²) in [5.74, 6) is 1.91. The Morgan fingerprint density at radius 2 is 1.96 bits per heavy atom. The molecule has 4 nitrogen and oxygen atoms in total. The quantitative estimate of drug-likeness (QED) is 0.696. The highest BCUT2D eigenvalue weighted by Gasteiger charge is 2.07. The van der Waals surface area contributed by atoms with Crippen LogP contribution in [0, 0.1) is 17.2 Å². The minimum absolute atomic E-state index is 0.489. The average Bonchev–Trinajstić information content (AvgIpc) is 3.02. The van der Waals surface area contributed by atoms with Crippen molar-refractivity contribution in [2.75, 3.05) is 6.61 Å². The Morgan fingerprint density at radius 1 is 1.21 bits per heavy atom. The highest BCUT2D eigenvalue weighted by atomic mass is 16.5. The second kappa shape index (κ2) is 7.01. The van der Waals surface area contributed by atoms with Gasteiger partial charge >= 0.3 is 0 Å². The van der Waals surface area contributed by atoms with E-state index >= 15 is 0 Å². The third-order valence-corrected chi connectivity index (χ3v) is 3.54. The summed E-state index contributed by atoms with van der Waals surface area (Å²) < 4.78 is 5.67. The van der Waals surface area contributed by atoms with Gasteiger partial charge in [-0.2, -0.15) is 5.26 Å². The van der Waals surface area contributed by atoms with Crippen molar-refractivity contribution in [2.45, 2.75) is 13.8 Å². The molecule has 2 aromatic carbocycles. The Hall–Kier alpha value is -3.06. The molecule has 4 heteroatoms. The van der Waals surface area contributed by atoms with E-state index in [2.05, 4.69) is 29.9 Å². The first-order valence-corrected chi connectivity index (χ1v) is 7.95. The normalized spacial score (nSPS) is 11.7. The van der Waals surface area contributed by atoms with Crippen LogP contribution in [-0.4, -0.2) is 16.6 Å². The largest absolute Gasteiger partial charge is 0.493 e. The maximum Gasteiger partial charge on any atom is 0.149 e. The van der Waals surface area contributed by atoms with Crippen LogP contribution in [0.3, 0.4) is 0 Å². The number of hydrogen-bond acceptors (Lipinski definition) is 3. The number of nitriles is 1. The average molecular weight is 317 g/mol. The molecule has 0 atom stereocenters. The summed E-state index contributed by atoms with van der Waals surface area (Å²) in [6.45, 7) is 4.92. The molecule has 0 bridgehead atoms. The number of nitrogens with zero attached hydrogens (tertiary/aromatic N) is 2. The van der Waals surface area contributed by atoms with Gasteiger partial charge in [0.1, 0.15) is 17.6 Å². The van der Waals surface area contributed by atoms with E-state index in [-0.39, 0.29) is 0 Å². The predicted molar refractivity (Wildman–Crippen MR) is 96.4 cm³/mol. The number of hydrogen-bond donors (Lipinski definition) is 1. The van der Waals surface area contributed by atoms with Gasteiger partial charge in [0.05, 0.1) is 23.2 Å². The zero-order chi connectivity index (χ0) is 16.9. The molecule has 1 heterocycles. The molecule has 1 aromatic heterocycles. The van der Waals surface area contributed by atoms with Gasteiger partial charge in [-0.05, 0) is 41.8 Å². The number of fused-ring (bicyclic) bond motifs is 1. The first-order chi connectivity index (χ1) is 11.7. The summed E-state index contributed by atoms with van der Waals surface area (Å²) in [5, 5.41) is 9.46. The molecule has 0 aliphatic rings. The molecule has 3 rings (SSSR count). The molecule has 0 amide bonds. The number of allylic oxidation sites excluding steroid dienone is 1. The van der Waals surface area contributed by atoms with Crippen LogP contribution >= 0.6 is 0 Å². The van der Waals surface area contributed by atoms with Crippen LogP contribution in [0.5, 0.6) is 5.75 Å². The first kappa shape index (κ1) is 15.8. The van der Waals surface area contributed by atoms with Crippen LogP contribution in [0.4, 0.5) is 0 Å². The van der Waals surface area contributed by atoms with Gasteiger partial charge in [0.25, 0.3) is 0 Å². The third-order valence-electron chi connectivity index (χ3n) is 3.54. The molecule has 0 spiro atoms. The van der Waals surface area contributed by atoms with Crippen molar-refractivity contribution >= 4 is 22.7 Å². The van der Waals surface area contributed by atoms with Gasteiger partial charge in [0, 0.05) is 0 Å². The number of nitrogens with one attached hydrogen (secondary N) is 1. The van der Waals surface area contributed by atoms with Crippen molar-refractivity contribution in [3.8, 4) is 11.8 Å². The number of ether oxygens (including phenoxy) is 1. The number of para-hydroxylation sites is 2. The molecule has 1 N–H and O–H groups in total. The lowest BCUT2D eigenvalue weighted by Gasteiger charge is -2.08. The molecule has 0 unspecified atom stereocenters. The summed E-state index contributed by atoms with van der Waals surface area (Å²) in [7, 11) is 0. The van der Waals surface area contributed by atoms with E-state index in [9.17, 15) is 5.26 Å². The molecular weight excluding hydrogens is 298 g/mol. The van der Waals surface area contributed by atoms with Crippen LogP contribution in [0.2, 0.25) is 0 Å². The van der Waals surface area contributed by atoms with Crippen LogP contribution in [0.1, 0.15) is 25.2 Å². The number of aromatic amines is 1. The van der Waals surface area contributed by atoms with Crippen molar-refractivity contribution in [3.63, 3.8) is 0 Å². The molecule has 0 fully saturated rings. The Labute approximate surface area is 141 Å². The molecule has 120 valence electrons. The van der Waals surface area contributed by atoms with Gasteiger partial charge in [0.2, 0.25) is 0 Å². The van der Waals surface area contributed by atoms with E-state index in [1.807, 2.05) is 54.6 Å². The Bertz CT molecular complexity index is 866. The zero-order valence-corrected chi connectivity index (χ0v) is 13.8. The fourth-order valence-electron chi connectivity index (χ4n) is 2.32. The van der Waals surface area contributed by atoms with Crippen LogP contribution in [0.25, 0.3) is 22.7 Å². The van der Waals surface area contributed by atoms with Gasteiger partial charge in [0.15, 0.2) is 0 Å². The lowest BCUT2D eigenvalue weighted by molar-refractivity contribution is 0.271. The summed E-state index contributed by atoms with van der Waals surface area (Å²) >= 11 is 0. The molecule has 0 aliphatic carbocycles. The Morgan fingerprint density at radius 3 is 2.62 bits per heavy atom. The van der Waals surface area contributed by atoms with Crippen LogP contribution in [-0.2, 0) is 0 Å². The van der Waals surface area contributed by atoms with Crippen molar-refractivity contribution in [1.82, 2.24) is 9.97 Å². The van der Waals surface area contributed by atoms with Gasteiger partial charge in [-0.25, -0.2) is 4.98 Å². The highest BCUT2D eigenvalue weighted by molar-refractivity contribution is 5.90. The van der Waals surface area contributed by atoms with E-state index in [4.69, 9.17) is 4.74 Å². The summed E-state index contributed by atoms with van der Waals surface area (Å²) in [5.41, 5.74) is 3.21. The zero-order valence-electron chi connectivity index (χ0n) is 13.8. The van der Waals surface area contributed by atoms with Crippen molar-refractivity contribution in [2.24, 2.45) is 5.92 Å². The Kier molecular flexibility index (Phi) is 4.62. The molecule has 0 saturated carbocycles. The molecule has 0 radical (unpaired) electrons. The molecule has 0 aliphatic heterocycles. The van der Waals surface area contributed by atoms with Gasteiger partial charge < -0.3 is 9.72 Å². The third kappa shape index (κ3) is 3.64. The second-order valence-corrected chi connectivity index (χ2v) is 6.05. The maximum absolute atomic E-state index is 9.46. The summed E-state index contributed by atoms with van der Waals surface area (Å²) in [6, 6.07) is 17.7. The minimum atomic E-state index is 0.489. The summed E-state index contributed by atoms with van der Waals surface area (Å²) in [4.78, 5) is 7.66. The fraction of sp³-hybridized carbons (Fsp3) is 0.200. The number of imidazole rings is 1. The topological polar surface area (TPSA) is 61.7 Å². The lowest BCUT2D eigenvalue weighted by Crippen LogP contribution is -2.04. The summed E-state index contributed by atoms with van der Waals surface area (Å²) in [6.07, 6.45) is 1.82. The van der Waals surface area contributed by atoms with E-state index in [1.165, 1.54) is 0 Å². The number of rotatable bonds is 5. The highest BCUT2D eigenvalue weighted by Crippen LogP contribution is 2.20. The van der Waals surface area contributed by atoms with Crippen LogP contribution < -0.4 is 4.74 Å². The predicted octanol–water partition coefficient (Wildman–Crippen LogP) is 4.66. The first-order valence-electron chi connectivity index (χ1n) is 7.95. The van der Waals surface area contributed by atoms with Gasteiger partial charge in [-0.15, -0.1) is 0 Å². The van der Waals surface area contributed by atoms with Crippen molar-refractivity contribution in [3.05, 3.63) is 59.9 Å². The molecule has 24 heavy (non-hydrogen) atoms. The van der Waals surface area contributed by atoms with Crippen molar-refractivity contribution in [1.29, 1.82) is 5.26 Å². The van der Waals surface area contributed by atoms with E-state index < -0.39 is 0 Å². The molecule has 0 saturated heterocycles. The number of benzene rings is 2. The maximum atomic E-state index is 9.46. The second-order valence-electron chi connectivity index (χ2n) is 6.05. The van der Waals surface area contributed by atoms with E-state index in [0.29, 0.717) is 23.9 Å².